The van der Waals surface area contributed by atoms with Crippen molar-refractivity contribution in [3.05, 3.63) is 54.1 Å². The molecule has 0 N–H and O–H groups in total. The maximum atomic E-state index is 12.6. The molecular weight excluding hydrogens is 314 g/mol. The van der Waals surface area contributed by atoms with E-state index in [1.165, 1.54) is 5.56 Å². The number of rotatable bonds is 7. The third-order valence-corrected chi connectivity index (χ3v) is 4.35. The predicted molar refractivity (Wildman–Crippen MR) is 99.5 cm³/mol. The number of nitrogens with zero attached hydrogens (tertiary/aromatic N) is 1. The van der Waals surface area contributed by atoms with Gasteiger partial charge in [0.15, 0.2) is 11.5 Å². The first-order valence-electron chi connectivity index (χ1n) is 9.02. The molecule has 3 rings (SSSR count). The number of anilines is 1. The van der Waals surface area contributed by atoms with Gasteiger partial charge < -0.3 is 14.4 Å². The van der Waals surface area contributed by atoms with Crippen molar-refractivity contribution in [2.45, 2.75) is 32.6 Å². The van der Waals surface area contributed by atoms with Crippen LogP contribution in [0.3, 0.4) is 0 Å². The number of hydrogen-bond acceptors (Lipinski definition) is 3. The molecule has 2 aromatic carbocycles. The quantitative estimate of drug-likeness (QED) is 0.709. The first kappa shape index (κ1) is 17.3. The minimum Gasteiger partial charge on any atom is -0.490 e. The zero-order valence-corrected chi connectivity index (χ0v) is 14.7. The monoisotopic (exact) mass is 339 g/mol. The lowest BCUT2D eigenvalue weighted by Gasteiger charge is -2.29. The van der Waals surface area contributed by atoms with Crippen LogP contribution in [0.4, 0.5) is 5.69 Å². The van der Waals surface area contributed by atoms with Crippen LogP contribution >= 0.6 is 0 Å². The van der Waals surface area contributed by atoms with Gasteiger partial charge in [-0.25, -0.2) is 0 Å². The van der Waals surface area contributed by atoms with Gasteiger partial charge in [-0.3, -0.25) is 4.79 Å². The molecule has 0 saturated carbocycles. The van der Waals surface area contributed by atoms with E-state index in [0.29, 0.717) is 26.1 Å². The topological polar surface area (TPSA) is 38.8 Å². The molecule has 1 heterocycles. The molecule has 4 nitrogen and oxygen atoms in total. The molecule has 0 bridgehead atoms. The lowest BCUT2D eigenvalue weighted by atomic mass is 10.0. The maximum absolute atomic E-state index is 12.6. The van der Waals surface area contributed by atoms with Gasteiger partial charge in [-0.1, -0.05) is 30.3 Å². The van der Waals surface area contributed by atoms with E-state index in [0.717, 1.165) is 36.6 Å². The number of para-hydroxylation sites is 3. The number of amides is 1. The molecule has 0 radical (unpaired) electrons. The molecule has 0 fully saturated rings. The minimum atomic E-state index is 0.175. The molecule has 25 heavy (non-hydrogen) atoms. The summed E-state index contributed by atoms with van der Waals surface area (Å²) in [6.45, 7) is 3.87. The van der Waals surface area contributed by atoms with Crippen molar-refractivity contribution in [2.75, 3.05) is 24.7 Å². The maximum Gasteiger partial charge on any atom is 0.227 e. The number of aryl methyl sites for hydroxylation is 1. The van der Waals surface area contributed by atoms with Gasteiger partial charge >= 0.3 is 0 Å². The second kappa shape index (κ2) is 8.56. The van der Waals surface area contributed by atoms with Crippen molar-refractivity contribution >= 4 is 11.6 Å². The Morgan fingerprint density at radius 2 is 1.76 bits per heavy atom. The lowest BCUT2D eigenvalue weighted by Crippen LogP contribution is -2.35. The molecule has 0 aromatic heterocycles. The van der Waals surface area contributed by atoms with Gasteiger partial charge in [-0.2, -0.15) is 0 Å². The van der Waals surface area contributed by atoms with Crippen molar-refractivity contribution in [3.63, 3.8) is 0 Å². The zero-order chi connectivity index (χ0) is 17.5. The molecule has 1 aliphatic heterocycles. The first-order chi connectivity index (χ1) is 12.3. The Bertz CT molecular complexity index is 714. The van der Waals surface area contributed by atoms with Crippen molar-refractivity contribution in [1.82, 2.24) is 0 Å². The normalized spacial score (nSPS) is 13.2. The number of benzene rings is 2. The summed E-state index contributed by atoms with van der Waals surface area (Å²) in [7, 11) is 0. The number of fused-ring (bicyclic) bond motifs is 1. The molecule has 0 atom stereocenters. The van der Waals surface area contributed by atoms with E-state index in [1.807, 2.05) is 54.3 Å². The predicted octanol–water partition coefficient (Wildman–Crippen LogP) is 4.22. The highest BCUT2D eigenvalue weighted by Crippen LogP contribution is 2.28. The Kier molecular flexibility index (Phi) is 5.94. The molecule has 1 aliphatic rings. The van der Waals surface area contributed by atoms with E-state index in [4.69, 9.17) is 9.47 Å². The molecule has 0 aliphatic carbocycles. The average Bonchev–Trinajstić information content (AvgIpc) is 2.66. The molecule has 132 valence electrons. The fourth-order valence-electron chi connectivity index (χ4n) is 3.18. The van der Waals surface area contributed by atoms with Crippen LogP contribution in [0.25, 0.3) is 0 Å². The molecule has 0 saturated heterocycles. The third kappa shape index (κ3) is 4.32. The van der Waals surface area contributed by atoms with E-state index in [2.05, 4.69) is 6.07 Å². The second-order valence-electron chi connectivity index (χ2n) is 6.11. The van der Waals surface area contributed by atoms with Crippen LogP contribution in [0, 0.1) is 0 Å². The highest BCUT2D eigenvalue weighted by molar-refractivity contribution is 5.94. The minimum absolute atomic E-state index is 0.175. The standard InChI is InChI=1S/C21H25NO3/c1-2-24-19-12-5-6-13-20(19)25-16-8-14-21(23)22-15-7-10-17-9-3-4-11-18(17)22/h3-6,9,11-13H,2,7-8,10,14-16H2,1H3. The summed E-state index contributed by atoms with van der Waals surface area (Å²) in [5.74, 6) is 1.66. The SMILES string of the molecule is CCOc1ccccc1OCCCC(=O)N1CCCc2ccccc21. The number of carbonyl (C=O) groups is 1. The highest BCUT2D eigenvalue weighted by Gasteiger charge is 2.21. The van der Waals surface area contributed by atoms with E-state index in [1.54, 1.807) is 0 Å². The van der Waals surface area contributed by atoms with Crippen LogP contribution in [-0.4, -0.2) is 25.7 Å². The molecule has 0 unspecified atom stereocenters. The largest absolute Gasteiger partial charge is 0.490 e. The smallest absolute Gasteiger partial charge is 0.227 e. The van der Waals surface area contributed by atoms with Gasteiger partial charge in [0, 0.05) is 18.7 Å². The van der Waals surface area contributed by atoms with E-state index in [9.17, 15) is 4.79 Å². The van der Waals surface area contributed by atoms with E-state index >= 15 is 0 Å². The van der Waals surface area contributed by atoms with Crippen molar-refractivity contribution in [2.24, 2.45) is 0 Å². The zero-order valence-electron chi connectivity index (χ0n) is 14.7. The van der Waals surface area contributed by atoms with Gasteiger partial charge in [-0.15, -0.1) is 0 Å². The fraction of sp³-hybridized carbons (Fsp3) is 0.381. The van der Waals surface area contributed by atoms with Crippen LogP contribution in [0.15, 0.2) is 48.5 Å². The highest BCUT2D eigenvalue weighted by atomic mass is 16.5. The van der Waals surface area contributed by atoms with Gasteiger partial charge in [0.25, 0.3) is 0 Å². The summed E-state index contributed by atoms with van der Waals surface area (Å²) in [5, 5.41) is 0. The molecular formula is C21H25NO3. The van der Waals surface area contributed by atoms with Crippen LogP contribution in [0.5, 0.6) is 11.5 Å². The Hall–Kier alpha value is -2.49. The van der Waals surface area contributed by atoms with Crippen molar-refractivity contribution < 1.29 is 14.3 Å². The number of carbonyl (C=O) groups excluding carboxylic acids is 1. The summed E-state index contributed by atoms with van der Waals surface area (Å²) < 4.78 is 11.4. The average molecular weight is 339 g/mol. The second-order valence-corrected chi connectivity index (χ2v) is 6.11. The van der Waals surface area contributed by atoms with Crippen molar-refractivity contribution in [3.8, 4) is 11.5 Å². The molecule has 1 amide bonds. The summed E-state index contributed by atoms with van der Waals surface area (Å²) in [6.07, 6.45) is 3.27. The van der Waals surface area contributed by atoms with Crippen LogP contribution in [0.2, 0.25) is 0 Å². The number of hydrogen-bond donors (Lipinski definition) is 0. The summed E-state index contributed by atoms with van der Waals surface area (Å²) in [5.41, 5.74) is 2.34. The molecule has 2 aromatic rings. The first-order valence-corrected chi connectivity index (χ1v) is 9.02. The summed E-state index contributed by atoms with van der Waals surface area (Å²) in [4.78, 5) is 14.5. The Balaban J connectivity index is 1.51. The Morgan fingerprint density at radius 3 is 2.56 bits per heavy atom. The van der Waals surface area contributed by atoms with E-state index < -0.39 is 0 Å². The third-order valence-electron chi connectivity index (χ3n) is 4.35. The lowest BCUT2D eigenvalue weighted by molar-refractivity contribution is -0.118. The molecule has 0 spiro atoms. The Morgan fingerprint density at radius 1 is 1.04 bits per heavy atom. The van der Waals surface area contributed by atoms with Gasteiger partial charge in [0.1, 0.15) is 0 Å². The van der Waals surface area contributed by atoms with Gasteiger partial charge in [0.05, 0.1) is 13.2 Å². The van der Waals surface area contributed by atoms with Crippen molar-refractivity contribution in [1.29, 1.82) is 0 Å². The van der Waals surface area contributed by atoms with Gasteiger partial charge in [-0.05, 0) is 49.9 Å². The van der Waals surface area contributed by atoms with Gasteiger partial charge in [0.2, 0.25) is 5.91 Å². The fourth-order valence-corrected chi connectivity index (χ4v) is 3.18. The summed E-state index contributed by atoms with van der Waals surface area (Å²) in [6, 6.07) is 15.8. The Labute approximate surface area is 149 Å². The van der Waals surface area contributed by atoms with Crippen LogP contribution in [-0.2, 0) is 11.2 Å². The molecule has 4 heteroatoms. The van der Waals surface area contributed by atoms with Crippen LogP contribution < -0.4 is 14.4 Å². The summed E-state index contributed by atoms with van der Waals surface area (Å²) >= 11 is 0. The van der Waals surface area contributed by atoms with Crippen LogP contribution in [0.1, 0.15) is 31.7 Å². The van der Waals surface area contributed by atoms with E-state index in [-0.39, 0.29) is 5.91 Å². The number of ether oxygens (including phenoxy) is 2.